The SMILES string of the molecule is CC(C)n1c(CCNC(=O)C[C@@H]2NC(=O)N(Cc3ccco3)C2=O)nc2ccccc21. The number of imidazole rings is 1. The molecule has 0 spiro atoms. The molecule has 2 aromatic heterocycles. The molecule has 0 saturated carbocycles. The van der Waals surface area contributed by atoms with E-state index in [1.807, 2.05) is 24.3 Å². The van der Waals surface area contributed by atoms with Crippen molar-refractivity contribution in [2.75, 3.05) is 6.54 Å². The predicted octanol–water partition coefficient (Wildman–Crippen LogP) is 2.38. The molecule has 9 heteroatoms. The maximum Gasteiger partial charge on any atom is 0.325 e. The first-order valence-electron chi connectivity index (χ1n) is 10.3. The van der Waals surface area contributed by atoms with Gasteiger partial charge in [0.2, 0.25) is 5.91 Å². The van der Waals surface area contributed by atoms with Crippen LogP contribution in [0.5, 0.6) is 0 Å². The molecule has 0 unspecified atom stereocenters. The van der Waals surface area contributed by atoms with Crippen molar-refractivity contribution in [2.24, 2.45) is 0 Å². The van der Waals surface area contributed by atoms with E-state index in [9.17, 15) is 14.4 Å². The van der Waals surface area contributed by atoms with Gasteiger partial charge >= 0.3 is 6.03 Å². The van der Waals surface area contributed by atoms with Crippen molar-refractivity contribution in [1.82, 2.24) is 25.1 Å². The van der Waals surface area contributed by atoms with Gasteiger partial charge in [0.1, 0.15) is 17.6 Å². The molecule has 0 bridgehead atoms. The molecule has 31 heavy (non-hydrogen) atoms. The fourth-order valence-corrected chi connectivity index (χ4v) is 3.84. The minimum atomic E-state index is -0.872. The molecule has 1 fully saturated rings. The van der Waals surface area contributed by atoms with Gasteiger partial charge in [0.15, 0.2) is 0 Å². The zero-order chi connectivity index (χ0) is 22.0. The number of carbonyl (C=O) groups is 3. The minimum absolute atomic E-state index is 0.0429. The van der Waals surface area contributed by atoms with E-state index in [1.54, 1.807) is 12.1 Å². The number of para-hydroxylation sites is 2. The number of imide groups is 1. The monoisotopic (exact) mass is 423 g/mol. The topological polar surface area (TPSA) is 109 Å². The van der Waals surface area contributed by atoms with Crippen LogP contribution in [0.3, 0.4) is 0 Å². The third-order valence-electron chi connectivity index (χ3n) is 5.25. The highest BCUT2D eigenvalue weighted by molar-refractivity contribution is 6.05. The number of nitrogens with zero attached hydrogens (tertiary/aromatic N) is 3. The molecule has 1 aliphatic heterocycles. The molecule has 2 N–H and O–H groups in total. The van der Waals surface area contributed by atoms with Gasteiger partial charge in [-0.1, -0.05) is 12.1 Å². The normalized spacial score (nSPS) is 16.4. The Hall–Kier alpha value is -3.62. The third kappa shape index (κ3) is 4.30. The third-order valence-corrected chi connectivity index (χ3v) is 5.25. The second-order valence-electron chi connectivity index (χ2n) is 7.79. The standard InChI is InChI=1S/C22H25N5O4/c1-14(2)27-18-8-4-3-7-16(18)24-19(27)9-10-23-20(28)12-17-21(29)26(22(30)25-17)13-15-6-5-11-31-15/h3-8,11,14,17H,9-10,12-13H2,1-2H3,(H,23,28)(H,25,30)/t17-/m0/s1. The van der Waals surface area contributed by atoms with Gasteiger partial charge in [-0.2, -0.15) is 0 Å². The Labute approximate surface area is 179 Å². The highest BCUT2D eigenvalue weighted by Gasteiger charge is 2.39. The predicted molar refractivity (Wildman–Crippen MR) is 113 cm³/mol. The summed E-state index contributed by atoms with van der Waals surface area (Å²) in [5.74, 6) is 0.664. The molecule has 4 amide bonds. The van der Waals surface area contributed by atoms with E-state index in [2.05, 4.69) is 34.0 Å². The van der Waals surface area contributed by atoms with Crippen LogP contribution in [0, 0.1) is 0 Å². The van der Waals surface area contributed by atoms with Gasteiger partial charge in [-0.25, -0.2) is 9.78 Å². The summed E-state index contributed by atoms with van der Waals surface area (Å²) in [5.41, 5.74) is 1.99. The molecule has 9 nitrogen and oxygen atoms in total. The van der Waals surface area contributed by atoms with E-state index in [-0.39, 0.29) is 24.9 Å². The Balaban J connectivity index is 1.32. The fourth-order valence-electron chi connectivity index (χ4n) is 3.84. The molecular weight excluding hydrogens is 398 g/mol. The number of amides is 4. The number of furan rings is 1. The molecule has 0 radical (unpaired) electrons. The Morgan fingerprint density at radius 1 is 1.23 bits per heavy atom. The maximum absolute atomic E-state index is 12.5. The Morgan fingerprint density at radius 2 is 2.03 bits per heavy atom. The number of nitrogens with one attached hydrogen (secondary N) is 2. The number of urea groups is 1. The summed E-state index contributed by atoms with van der Waals surface area (Å²) >= 11 is 0. The Morgan fingerprint density at radius 3 is 2.77 bits per heavy atom. The molecule has 3 aromatic rings. The Bertz CT molecular complexity index is 1100. The Kier molecular flexibility index (Phi) is 5.75. The van der Waals surface area contributed by atoms with Crippen molar-refractivity contribution >= 4 is 28.9 Å². The van der Waals surface area contributed by atoms with Crippen LogP contribution in [0.15, 0.2) is 47.1 Å². The lowest BCUT2D eigenvalue weighted by atomic mass is 10.2. The maximum atomic E-state index is 12.5. The van der Waals surface area contributed by atoms with E-state index in [4.69, 9.17) is 4.42 Å². The van der Waals surface area contributed by atoms with Crippen LogP contribution in [0.4, 0.5) is 4.79 Å². The van der Waals surface area contributed by atoms with E-state index in [1.165, 1.54) is 6.26 Å². The van der Waals surface area contributed by atoms with Crippen molar-refractivity contribution in [3.63, 3.8) is 0 Å². The van der Waals surface area contributed by atoms with Crippen molar-refractivity contribution in [3.8, 4) is 0 Å². The van der Waals surface area contributed by atoms with Crippen LogP contribution in [0.1, 0.15) is 37.9 Å². The highest BCUT2D eigenvalue weighted by Crippen LogP contribution is 2.21. The van der Waals surface area contributed by atoms with Crippen molar-refractivity contribution in [3.05, 3.63) is 54.2 Å². The van der Waals surface area contributed by atoms with Gasteiger partial charge in [-0.05, 0) is 38.1 Å². The summed E-state index contributed by atoms with van der Waals surface area (Å²) < 4.78 is 7.35. The average molecular weight is 423 g/mol. The number of aromatic nitrogens is 2. The van der Waals surface area contributed by atoms with Gasteiger partial charge in [0, 0.05) is 19.0 Å². The van der Waals surface area contributed by atoms with Crippen LogP contribution in [-0.4, -0.2) is 44.9 Å². The van der Waals surface area contributed by atoms with Gasteiger partial charge in [0.25, 0.3) is 5.91 Å². The zero-order valence-corrected chi connectivity index (χ0v) is 17.5. The number of rotatable bonds is 8. The number of hydrogen-bond donors (Lipinski definition) is 2. The molecule has 1 aromatic carbocycles. The van der Waals surface area contributed by atoms with Crippen LogP contribution >= 0.6 is 0 Å². The van der Waals surface area contributed by atoms with E-state index < -0.39 is 18.0 Å². The van der Waals surface area contributed by atoms with Crippen LogP contribution in [0.25, 0.3) is 11.0 Å². The fraction of sp³-hybridized carbons (Fsp3) is 0.364. The lowest BCUT2D eigenvalue weighted by molar-refractivity contribution is -0.131. The van der Waals surface area contributed by atoms with E-state index >= 15 is 0 Å². The minimum Gasteiger partial charge on any atom is -0.467 e. The molecular formula is C22H25N5O4. The van der Waals surface area contributed by atoms with Crippen LogP contribution in [0.2, 0.25) is 0 Å². The van der Waals surface area contributed by atoms with Gasteiger partial charge < -0.3 is 19.6 Å². The number of carbonyl (C=O) groups excluding carboxylic acids is 3. The van der Waals surface area contributed by atoms with E-state index in [0.717, 1.165) is 21.8 Å². The average Bonchev–Trinajstić information content (AvgIpc) is 3.43. The summed E-state index contributed by atoms with van der Waals surface area (Å²) in [7, 11) is 0. The summed E-state index contributed by atoms with van der Waals surface area (Å²) in [6.07, 6.45) is 1.93. The first-order chi connectivity index (χ1) is 14.9. The summed E-state index contributed by atoms with van der Waals surface area (Å²) in [4.78, 5) is 42.7. The lowest BCUT2D eigenvalue weighted by Crippen LogP contribution is -2.37. The summed E-state index contributed by atoms with van der Waals surface area (Å²) in [6.45, 7) is 4.62. The van der Waals surface area contributed by atoms with E-state index in [0.29, 0.717) is 18.7 Å². The first-order valence-corrected chi connectivity index (χ1v) is 10.3. The quantitative estimate of drug-likeness (QED) is 0.541. The van der Waals surface area contributed by atoms with Gasteiger partial charge in [0.05, 0.1) is 30.3 Å². The molecule has 1 aliphatic rings. The highest BCUT2D eigenvalue weighted by atomic mass is 16.3. The summed E-state index contributed by atoms with van der Waals surface area (Å²) in [5, 5.41) is 5.40. The molecule has 162 valence electrons. The first kappa shape index (κ1) is 20.6. The zero-order valence-electron chi connectivity index (χ0n) is 17.5. The molecule has 1 saturated heterocycles. The molecule has 4 rings (SSSR count). The van der Waals surface area contributed by atoms with Crippen molar-refractivity contribution in [1.29, 1.82) is 0 Å². The molecule has 1 atom stereocenters. The van der Waals surface area contributed by atoms with Crippen molar-refractivity contribution < 1.29 is 18.8 Å². The number of hydrogen-bond acceptors (Lipinski definition) is 5. The second kappa shape index (κ2) is 8.63. The largest absolute Gasteiger partial charge is 0.467 e. The van der Waals surface area contributed by atoms with Crippen LogP contribution < -0.4 is 10.6 Å². The second-order valence-corrected chi connectivity index (χ2v) is 7.79. The molecule has 3 heterocycles. The molecule has 0 aliphatic carbocycles. The van der Waals surface area contributed by atoms with Gasteiger partial charge in [-0.3, -0.25) is 14.5 Å². The van der Waals surface area contributed by atoms with Crippen molar-refractivity contribution in [2.45, 2.75) is 45.3 Å². The van der Waals surface area contributed by atoms with Gasteiger partial charge in [-0.15, -0.1) is 0 Å². The number of benzene rings is 1. The smallest absolute Gasteiger partial charge is 0.325 e. The summed E-state index contributed by atoms with van der Waals surface area (Å²) in [6, 6.07) is 10.2. The lowest BCUT2D eigenvalue weighted by Gasteiger charge is -2.14. The number of fused-ring (bicyclic) bond motifs is 1. The van der Waals surface area contributed by atoms with Crippen LogP contribution in [-0.2, 0) is 22.6 Å².